The molecule has 0 atom stereocenters. The van der Waals surface area contributed by atoms with E-state index in [0.717, 1.165) is 0 Å². The number of benzene rings is 1. The molecular weight excluding hydrogens is 268 g/mol. The number of carboxylic acid groups (broad SMARTS) is 1. The molecule has 1 N–H and O–H groups in total. The van der Waals surface area contributed by atoms with Crippen molar-refractivity contribution in [1.29, 1.82) is 0 Å². The molecule has 0 amide bonds. The van der Waals surface area contributed by atoms with Crippen LogP contribution in [-0.4, -0.2) is 31.9 Å². The number of carbonyl (C=O) groups is 1. The molecule has 0 heterocycles. The minimum absolute atomic E-state index is 0.0493. The number of rotatable bonds is 6. The summed E-state index contributed by atoms with van der Waals surface area (Å²) in [4.78, 5) is 10.6. The summed E-state index contributed by atoms with van der Waals surface area (Å²) in [5, 5.41) is 8.53. The molecule has 0 saturated carbocycles. The van der Waals surface area contributed by atoms with Gasteiger partial charge in [-0.25, -0.2) is 13.2 Å². The van der Waals surface area contributed by atoms with Crippen molar-refractivity contribution in [3.8, 4) is 5.75 Å². The molecule has 6 heteroatoms. The van der Waals surface area contributed by atoms with Gasteiger partial charge in [-0.15, -0.1) is 0 Å². The maximum Gasteiger partial charge on any atom is 0.341 e. The average molecular weight is 286 g/mol. The maximum absolute atomic E-state index is 12.0. The average Bonchev–Trinajstić information content (AvgIpc) is 2.25. The van der Waals surface area contributed by atoms with E-state index >= 15 is 0 Å². The van der Waals surface area contributed by atoms with Gasteiger partial charge in [0.2, 0.25) is 0 Å². The zero-order valence-electron chi connectivity index (χ0n) is 11.2. The number of carboxylic acids is 1. The normalized spacial score (nSPS) is 11.6. The minimum Gasteiger partial charge on any atom is -0.482 e. The molecule has 0 aromatic heterocycles. The van der Waals surface area contributed by atoms with Crippen LogP contribution in [0.5, 0.6) is 5.75 Å². The second-order valence-corrected chi connectivity index (χ2v) is 6.82. The Morgan fingerprint density at radius 3 is 2.47 bits per heavy atom. The van der Waals surface area contributed by atoms with Crippen molar-refractivity contribution in [1.82, 2.24) is 0 Å². The zero-order chi connectivity index (χ0) is 14.6. The molecule has 106 valence electrons. The molecule has 0 fully saturated rings. The fourth-order valence-electron chi connectivity index (χ4n) is 1.65. The van der Waals surface area contributed by atoms with Gasteiger partial charge in [0.05, 0.1) is 10.6 Å². The monoisotopic (exact) mass is 286 g/mol. The lowest BCUT2D eigenvalue weighted by molar-refractivity contribution is -0.139. The summed E-state index contributed by atoms with van der Waals surface area (Å²) in [5.41, 5.74) is 0.603. The summed E-state index contributed by atoms with van der Waals surface area (Å²) in [7, 11) is -3.30. The van der Waals surface area contributed by atoms with Crippen LogP contribution in [0.15, 0.2) is 23.1 Å². The molecule has 0 saturated heterocycles. The number of aliphatic carboxylic acids is 1. The summed E-state index contributed by atoms with van der Waals surface area (Å²) in [6.07, 6.45) is 0. The quantitative estimate of drug-likeness (QED) is 0.863. The Labute approximate surface area is 113 Å². The Hall–Kier alpha value is -1.56. The predicted octanol–water partition coefficient (Wildman–Crippen LogP) is 1.89. The van der Waals surface area contributed by atoms with Gasteiger partial charge in [0.1, 0.15) is 5.75 Å². The molecule has 0 radical (unpaired) electrons. The van der Waals surface area contributed by atoms with Crippen molar-refractivity contribution < 1.29 is 23.1 Å². The van der Waals surface area contributed by atoms with Crippen molar-refractivity contribution in [2.24, 2.45) is 5.92 Å². The van der Waals surface area contributed by atoms with E-state index < -0.39 is 22.4 Å². The number of sulfone groups is 1. The van der Waals surface area contributed by atoms with Gasteiger partial charge in [0, 0.05) is 0 Å². The van der Waals surface area contributed by atoms with Crippen molar-refractivity contribution in [3.05, 3.63) is 23.8 Å². The number of aryl methyl sites for hydroxylation is 1. The SMILES string of the molecule is Cc1cc(S(=O)(=O)CC(C)C)ccc1OCC(=O)O. The lowest BCUT2D eigenvalue weighted by Crippen LogP contribution is -2.13. The van der Waals surface area contributed by atoms with Crippen LogP contribution in [0.3, 0.4) is 0 Å². The van der Waals surface area contributed by atoms with Crippen molar-refractivity contribution >= 4 is 15.8 Å². The van der Waals surface area contributed by atoms with Crippen molar-refractivity contribution in [2.45, 2.75) is 25.7 Å². The third kappa shape index (κ3) is 4.55. The molecule has 0 unspecified atom stereocenters. The van der Waals surface area contributed by atoms with Crippen LogP contribution in [0.2, 0.25) is 0 Å². The van der Waals surface area contributed by atoms with Crippen LogP contribution in [0.4, 0.5) is 0 Å². The summed E-state index contributed by atoms with van der Waals surface area (Å²) >= 11 is 0. The summed E-state index contributed by atoms with van der Waals surface area (Å²) < 4.78 is 29.1. The molecule has 1 aromatic carbocycles. The Kier molecular flexibility index (Phi) is 4.94. The van der Waals surface area contributed by atoms with Crippen LogP contribution in [0, 0.1) is 12.8 Å². The van der Waals surface area contributed by atoms with E-state index in [4.69, 9.17) is 9.84 Å². The molecule has 19 heavy (non-hydrogen) atoms. The van der Waals surface area contributed by atoms with Gasteiger partial charge < -0.3 is 9.84 Å². The highest BCUT2D eigenvalue weighted by molar-refractivity contribution is 7.91. The second-order valence-electron chi connectivity index (χ2n) is 4.78. The minimum atomic E-state index is -3.30. The molecule has 1 aromatic rings. The Morgan fingerprint density at radius 1 is 1.37 bits per heavy atom. The standard InChI is InChI=1S/C13H18O5S/c1-9(2)8-19(16,17)11-4-5-12(10(3)6-11)18-7-13(14)15/h4-6,9H,7-8H2,1-3H3,(H,14,15). The molecule has 0 aliphatic heterocycles. The molecule has 1 rings (SSSR count). The van der Waals surface area contributed by atoms with E-state index in [2.05, 4.69) is 0 Å². The van der Waals surface area contributed by atoms with Gasteiger partial charge in [0.15, 0.2) is 16.4 Å². The maximum atomic E-state index is 12.0. The van der Waals surface area contributed by atoms with Crippen LogP contribution >= 0.6 is 0 Å². The Balaban J connectivity index is 2.96. The first-order valence-corrected chi connectivity index (χ1v) is 7.55. The third-order valence-corrected chi connectivity index (χ3v) is 4.49. The highest BCUT2D eigenvalue weighted by Crippen LogP contribution is 2.23. The lowest BCUT2D eigenvalue weighted by Gasteiger charge is -2.11. The summed E-state index contributed by atoms with van der Waals surface area (Å²) in [6.45, 7) is 4.92. The topological polar surface area (TPSA) is 80.7 Å². The predicted molar refractivity (Wildman–Crippen MR) is 71.2 cm³/mol. The Morgan fingerprint density at radius 2 is 2.00 bits per heavy atom. The highest BCUT2D eigenvalue weighted by Gasteiger charge is 2.17. The fraction of sp³-hybridized carbons (Fsp3) is 0.462. The lowest BCUT2D eigenvalue weighted by atomic mass is 10.2. The van der Waals surface area contributed by atoms with Crippen LogP contribution < -0.4 is 4.74 Å². The van der Waals surface area contributed by atoms with E-state index in [1.54, 1.807) is 6.92 Å². The summed E-state index contributed by atoms with van der Waals surface area (Å²) in [6, 6.07) is 4.45. The Bertz CT molecular complexity index is 560. The first-order chi connectivity index (χ1) is 8.72. The first kappa shape index (κ1) is 15.5. The van der Waals surface area contributed by atoms with E-state index in [9.17, 15) is 13.2 Å². The van der Waals surface area contributed by atoms with E-state index in [0.29, 0.717) is 11.3 Å². The van der Waals surface area contributed by atoms with E-state index in [1.165, 1.54) is 18.2 Å². The van der Waals surface area contributed by atoms with Gasteiger partial charge in [0.25, 0.3) is 0 Å². The molecule has 0 aliphatic carbocycles. The second kappa shape index (κ2) is 6.06. The van der Waals surface area contributed by atoms with Crippen LogP contribution in [0.25, 0.3) is 0 Å². The van der Waals surface area contributed by atoms with Gasteiger partial charge in [-0.1, -0.05) is 13.8 Å². The number of hydrogen-bond acceptors (Lipinski definition) is 4. The van der Waals surface area contributed by atoms with Crippen molar-refractivity contribution in [3.63, 3.8) is 0 Å². The number of ether oxygens (including phenoxy) is 1. The number of hydrogen-bond donors (Lipinski definition) is 1. The third-order valence-electron chi connectivity index (χ3n) is 2.41. The molecule has 0 bridgehead atoms. The summed E-state index contributed by atoms with van der Waals surface area (Å²) in [5.74, 6) is -0.558. The van der Waals surface area contributed by atoms with E-state index in [-0.39, 0.29) is 16.6 Å². The first-order valence-electron chi connectivity index (χ1n) is 5.90. The van der Waals surface area contributed by atoms with Gasteiger partial charge >= 0.3 is 5.97 Å². The molecule has 0 aliphatic rings. The van der Waals surface area contributed by atoms with Crippen molar-refractivity contribution in [2.75, 3.05) is 12.4 Å². The molecule has 0 spiro atoms. The molecular formula is C13H18O5S. The zero-order valence-corrected chi connectivity index (χ0v) is 12.0. The highest BCUT2D eigenvalue weighted by atomic mass is 32.2. The van der Waals surface area contributed by atoms with Gasteiger partial charge in [-0.3, -0.25) is 0 Å². The molecule has 5 nitrogen and oxygen atoms in total. The van der Waals surface area contributed by atoms with E-state index in [1.807, 2.05) is 13.8 Å². The largest absolute Gasteiger partial charge is 0.482 e. The van der Waals surface area contributed by atoms with Gasteiger partial charge in [-0.05, 0) is 36.6 Å². The van der Waals surface area contributed by atoms with Crippen LogP contribution in [-0.2, 0) is 14.6 Å². The fourth-order valence-corrected chi connectivity index (χ4v) is 3.35. The van der Waals surface area contributed by atoms with Crippen LogP contribution in [0.1, 0.15) is 19.4 Å². The smallest absolute Gasteiger partial charge is 0.341 e. The van der Waals surface area contributed by atoms with Gasteiger partial charge in [-0.2, -0.15) is 0 Å².